The van der Waals surface area contributed by atoms with Gasteiger partial charge in [0.05, 0.1) is 12.3 Å². The van der Waals surface area contributed by atoms with Gasteiger partial charge in [-0.3, -0.25) is 4.79 Å². The predicted molar refractivity (Wildman–Crippen MR) is 67.0 cm³/mol. The number of carbonyl (C=O) groups is 2. The third-order valence-corrected chi connectivity index (χ3v) is 2.78. The molecule has 88 valence electrons. The van der Waals surface area contributed by atoms with Crippen LogP contribution in [0.2, 0.25) is 0 Å². The molecule has 4 nitrogen and oxygen atoms in total. The number of esters is 1. The second-order valence-corrected chi connectivity index (χ2v) is 4.38. The molecule has 0 aliphatic rings. The Bertz CT molecular complexity index is 588. The normalized spacial score (nSPS) is 10.5. The maximum atomic E-state index is 11.7. The molecule has 1 heterocycles. The van der Waals surface area contributed by atoms with Crippen molar-refractivity contribution in [2.24, 2.45) is 0 Å². The smallest absolute Gasteiger partial charge is 0.381 e. The van der Waals surface area contributed by atoms with Crippen molar-refractivity contribution in [1.29, 1.82) is 0 Å². The highest BCUT2D eigenvalue weighted by Crippen LogP contribution is 2.20. The van der Waals surface area contributed by atoms with Crippen LogP contribution >= 0.6 is 15.9 Å². The van der Waals surface area contributed by atoms with Crippen LogP contribution in [0.5, 0.6) is 0 Å². The summed E-state index contributed by atoms with van der Waals surface area (Å²) >= 11 is 3.34. The van der Waals surface area contributed by atoms with Gasteiger partial charge in [0.1, 0.15) is 0 Å². The summed E-state index contributed by atoms with van der Waals surface area (Å²) in [6.07, 6.45) is 0. The summed E-state index contributed by atoms with van der Waals surface area (Å²) in [4.78, 5) is 25.8. The number of fused-ring (bicyclic) bond motifs is 1. The van der Waals surface area contributed by atoms with E-state index in [1.165, 1.54) is 0 Å². The van der Waals surface area contributed by atoms with Crippen LogP contribution < -0.4 is 0 Å². The van der Waals surface area contributed by atoms with Gasteiger partial charge >= 0.3 is 5.97 Å². The Kier molecular flexibility index (Phi) is 3.28. The molecule has 0 spiro atoms. The van der Waals surface area contributed by atoms with Crippen LogP contribution in [0.3, 0.4) is 0 Å². The number of ether oxygens (including phenoxy) is 1. The maximum Gasteiger partial charge on any atom is 0.381 e. The molecule has 0 bridgehead atoms. The number of H-pyrrole nitrogens is 1. The number of carbonyl (C=O) groups excluding carboxylic acids is 2. The SMILES string of the molecule is CCOC(=O)C(=O)c1cc2cc(Br)ccc2[nH]1. The van der Waals surface area contributed by atoms with Crippen molar-refractivity contribution < 1.29 is 14.3 Å². The van der Waals surface area contributed by atoms with Crippen molar-refractivity contribution in [3.05, 3.63) is 34.4 Å². The zero-order valence-corrected chi connectivity index (χ0v) is 10.7. The van der Waals surface area contributed by atoms with Crippen LogP contribution in [-0.2, 0) is 9.53 Å². The van der Waals surface area contributed by atoms with E-state index in [1.54, 1.807) is 13.0 Å². The number of benzene rings is 1. The Labute approximate surface area is 106 Å². The van der Waals surface area contributed by atoms with Gasteiger partial charge in [-0.2, -0.15) is 0 Å². The highest BCUT2D eigenvalue weighted by Gasteiger charge is 2.19. The van der Waals surface area contributed by atoms with Gasteiger partial charge in [0.25, 0.3) is 5.78 Å². The lowest BCUT2D eigenvalue weighted by Crippen LogP contribution is -2.17. The average Bonchev–Trinajstić information content (AvgIpc) is 2.71. The summed E-state index contributed by atoms with van der Waals surface area (Å²) in [6.45, 7) is 1.85. The fourth-order valence-electron chi connectivity index (χ4n) is 1.53. The number of nitrogens with one attached hydrogen (secondary N) is 1. The molecule has 0 saturated heterocycles. The van der Waals surface area contributed by atoms with E-state index < -0.39 is 11.8 Å². The highest BCUT2D eigenvalue weighted by atomic mass is 79.9. The molecule has 2 rings (SSSR count). The lowest BCUT2D eigenvalue weighted by atomic mass is 10.2. The Hall–Kier alpha value is -1.62. The first kappa shape index (κ1) is 11.9. The lowest BCUT2D eigenvalue weighted by Gasteiger charge is -1.97. The Balaban J connectivity index is 2.36. The van der Waals surface area contributed by atoms with Gasteiger partial charge in [-0.1, -0.05) is 15.9 Å². The van der Waals surface area contributed by atoms with Crippen molar-refractivity contribution >= 4 is 38.6 Å². The zero-order chi connectivity index (χ0) is 12.4. The van der Waals surface area contributed by atoms with Crippen LogP contribution in [0, 0.1) is 0 Å². The van der Waals surface area contributed by atoms with E-state index in [9.17, 15) is 9.59 Å². The molecule has 0 aliphatic carbocycles. The Morgan fingerprint density at radius 3 is 2.82 bits per heavy atom. The lowest BCUT2D eigenvalue weighted by molar-refractivity contribution is -0.137. The van der Waals surface area contributed by atoms with Crippen LogP contribution in [0.4, 0.5) is 0 Å². The van der Waals surface area contributed by atoms with Crippen molar-refractivity contribution in [1.82, 2.24) is 4.98 Å². The monoisotopic (exact) mass is 295 g/mol. The second-order valence-electron chi connectivity index (χ2n) is 3.46. The number of halogens is 1. The minimum absolute atomic E-state index is 0.191. The summed E-state index contributed by atoms with van der Waals surface area (Å²) in [6, 6.07) is 7.20. The molecule has 2 aromatic rings. The molecule has 17 heavy (non-hydrogen) atoms. The van der Waals surface area contributed by atoms with E-state index in [2.05, 4.69) is 25.7 Å². The molecule has 0 unspecified atom stereocenters. The molecule has 0 saturated carbocycles. The molecule has 0 atom stereocenters. The number of Topliss-reactive ketones (excluding diaryl/α,β-unsaturated/α-hetero) is 1. The highest BCUT2D eigenvalue weighted by molar-refractivity contribution is 9.10. The first-order chi connectivity index (χ1) is 8.11. The molecule has 5 heteroatoms. The third kappa shape index (κ3) is 2.39. The number of rotatable bonds is 3. The minimum Gasteiger partial charge on any atom is -0.460 e. The first-order valence-electron chi connectivity index (χ1n) is 5.11. The number of ketones is 1. The van der Waals surface area contributed by atoms with Gasteiger partial charge in [-0.05, 0) is 31.2 Å². The van der Waals surface area contributed by atoms with Gasteiger partial charge in [-0.25, -0.2) is 4.79 Å². The number of hydrogen-bond donors (Lipinski definition) is 1. The molecular formula is C12H10BrNO3. The van der Waals surface area contributed by atoms with Crippen LogP contribution in [-0.4, -0.2) is 23.3 Å². The number of aromatic nitrogens is 1. The van der Waals surface area contributed by atoms with Gasteiger partial charge in [0.2, 0.25) is 0 Å². The van der Waals surface area contributed by atoms with Crippen molar-refractivity contribution in [3.8, 4) is 0 Å². The Morgan fingerprint density at radius 2 is 2.12 bits per heavy atom. The molecule has 0 aliphatic heterocycles. The summed E-state index contributed by atoms with van der Waals surface area (Å²) < 4.78 is 5.58. The molecular weight excluding hydrogens is 286 g/mol. The van der Waals surface area contributed by atoms with E-state index >= 15 is 0 Å². The molecule has 0 radical (unpaired) electrons. The van der Waals surface area contributed by atoms with Crippen molar-refractivity contribution in [3.63, 3.8) is 0 Å². The van der Waals surface area contributed by atoms with Crippen LogP contribution in [0.1, 0.15) is 17.4 Å². The van der Waals surface area contributed by atoms with Gasteiger partial charge < -0.3 is 9.72 Å². The maximum absolute atomic E-state index is 11.7. The van der Waals surface area contributed by atoms with E-state index in [0.29, 0.717) is 0 Å². The fraction of sp³-hybridized carbons (Fsp3) is 0.167. The molecule has 1 N–H and O–H groups in total. The van der Waals surface area contributed by atoms with Gasteiger partial charge in [-0.15, -0.1) is 0 Å². The molecule has 1 aromatic heterocycles. The largest absolute Gasteiger partial charge is 0.460 e. The predicted octanol–water partition coefficient (Wildman–Crippen LogP) is 2.68. The summed E-state index contributed by atoms with van der Waals surface area (Å²) in [5.74, 6) is -1.49. The van der Waals surface area contributed by atoms with Gasteiger partial charge in [0, 0.05) is 15.4 Å². The summed E-state index contributed by atoms with van der Waals surface area (Å²) in [5.41, 5.74) is 1.05. The number of aromatic amines is 1. The van der Waals surface area contributed by atoms with Crippen molar-refractivity contribution in [2.75, 3.05) is 6.61 Å². The quantitative estimate of drug-likeness (QED) is 0.538. The molecule has 0 amide bonds. The molecule has 1 aromatic carbocycles. The topological polar surface area (TPSA) is 59.2 Å². The summed E-state index contributed by atoms with van der Waals surface area (Å²) in [5, 5.41) is 0.868. The van der Waals surface area contributed by atoms with E-state index in [-0.39, 0.29) is 12.3 Å². The van der Waals surface area contributed by atoms with Crippen molar-refractivity contribution in [2.45, 2.75) is 6.92 Å². The number of hydrogen-bond acceptors (Lipinski definition) is 3. The van der Waals surface area contributed by atoms with Crippen LogP contribution in [0.25, 0.3) is 10.9 Å². The molecule has 0 fully saturated rings. The standard InChI is InChI=1S/C12H10BrNO3/c1-2-17-12(16)11(15)10-6-7-5-8(13)3-4-9(7)14-10/h3-6,14H,2H2,1H3. The minimum atomic E-state index is -0.835. The fourth-order valence-corrected chi connectivity index (χ4v) is 1.91. The Morgan fingerprint density at radius 1 is 1.35 bits per heavy atom. The zero-order valence-electron chi connectivity index (χ0n) is 9.12. The van der Waals surface area contributed by atoms with E-state index in [1.807, 2.05) is 18.2 Å². The third-order valence-electron chi connectivity index (χ3n) is 2.29. The van der Waals surface area contributed by atoms with E-state index in [4.69, 9.17) is 0 Å². The second kappa shape index (κ2) is 4.71. The average molecular weight is 296 g/mol. The van der Waals surface area contributed by atoms with E-state index in [0.717, 1.165) is 15.4 Å². The summed E-state index contributed by atoms with van der Waals surface area (Å²) in [7, 11) is 0. The first-order valence-corrected chi connectivity index (χ1v) is 5.91. The van der Waals surface area contributed by atoms with Gasteiger partial charge in [0.15, 0.2) is 0 Å². The van der Waals surface area contributed by atoms with Crippen LogP contribution in [0.15, 0.2) is 28.7 Å².